The number of hydrogen-bond donors (Lipinski definition) is 3. The van der Waals surface area contributed by atoms with Crippen LogP contribution in [0.2, 0.25) is 5.02 Å². The molecule has 0 aliphatic carbocycles. The lowest BCUT2D eigenvalue weighted by Gasteiger charge is -2.11. The fourth-order valence-electron chi connectivity index (χ4n) is 2.96. The standard InChI is InChI=1S/C20H17ClN4O2S/c1-12-10-22-17(24-12)11-23-20(26)18-19(28(27)14-5-3-2-4-6-14)15-9-13(21)7-8-16(15)25-18/h2-10,25H,11H2,1H3,(H,22,24)(H,23,26). The van der Waals surface area contributed by atoms with Crippen LogP contribution in [0.25, 0.3) is 10.9 Å². The molecule has 28 heavy (non-hydrogen) atoms. The molecule has 0 bridgehead atoms. The zero-order chi connectivity index (χ0) is 19.7. The molecule has 0 fully saturated rings. The van der Waals surface area contributed by atoms with E-state index in [0.717, 1.165) is 5.69 Å². The first-order chi connectivity index (χ1) is 13.5. The van der Waals surface area contributed by atoms with Gasteiger partial charge in [-0.25, -0.2) is 4.98 Å². The minimum atomic E-state index is -1.55. The predicted octanol–water partition coefficient (Wildman–Crippen LogP) is 3.95. The van der Waals surface area contributed by atoms with E-state index in [2.05, 4.69) is 20.3 Å². The summed E-state index contributed by atoms with van der Waals surface area (Å²) in [5, 5.41) is 3.99. The molecule has 2 aromatic carbocycles. The van der Waals surface area contributed by atoms with Crippen LogP contribution in [0.1, 0.15) is 22.0 Å². The van der Waals surface area contributed by atoms with Gasteiger partial charge in [-0.05, 0) is 37.3 Å². The van der Waals surface area contributed by atoms with Crippen LogP contribution < -0.4 is 5.32 Å². The number of halogens is 1. The molecule has 4 rings (SSSR count). The number of aryl methyl sites for hydroxylation is 1. The maximum atomic E-state index is 13.3. The monoisotopic (exact) mass is 412 g/mol. The van der Waals surface area contributed by atoms with Gasteiger partial charge in [-0.2, -0.15) is 0 Å². The number of carbonyl (C=O) groups is 1. The van der Waals surface area contributed by atoms with Crippen LogP contribution in [0.15, 0.2) is 64.5 Å². The number of imidazole rings is 1. The maximum absolute atomic E-state index is 13.3. The van der Waals surface area contributed by atoms with E-state index >= 15 is 0 Å². The summed E-state index contributed by atoms with van der Waals surface area (Å²) in [6.07, 6.45) is 1.77. The highest BCUT2D eigenvalue weighted by Crippen LogP contribution is 2.33. The number of benzene rings is 2. The lowest BCUT2D eigenvalue weighted by molar-refractivity contribution is 0.0942. The Kier molecular flexibility index (Phi) is 5.13. The number of aromatic nitrogens is 3. The molecule has 1 atom stereocenters. The Labute approximate surface area is 169 Å². The van der Waals surface area contributed by atoms with Crippen LogP contribution in [0.3, 0.4) is 0 Å². The van der Waals surface area contributed by atoms with Gasteiger partial charge in [0.1, 0.15) is 5.82 Å². The van der Waals surface area contributed by atoms with E-state index in [9.17, 15) is 9.35 Å². The lowest BCUT2D eigenvalue weighted by Crippen LogP contribution is -2.25. The fourth-order valence-corrected chi connectivity index (χ4v) is 4.47. The van der Waals surface area contributed by atoms with Crippen molar-refractivity contribution in [1.29, 1.82) is 0 Å². The summed E-state index contributed by atoms with van der Waals surface area (Å²) in [6, 6.07) is 14.2. The van der Waals surface area contributed by atoms with Crippen molar-refractivity contribution in [3.8, 4) is 0 Å². The van der Waals surface area contributed by atoms with Crippen LogP contribution in [0.4, 0.5) is 0 Å². The van der Waals surface area contributed by atoms with Crippen molar-refractivity contribution in [3.05, 3.63) is 77.0 Å². The highest BCUT2D eigenvalue weighted by Gasteiger charge is 2.29. The predicted molar refractivity (Wildman–Crippen MR) is 109 cm³/mol. The molecule has 8 heteroatoms. The second kappa shape index (κ2) is 7.71. The molecule has 142 valence electrons. The molecule has 0 radical (unpaired) electrons. The minimum absolute atomic E-state index is 0.236. The van der Waals surface area contributed by atoms with Crippen molar-refractivity contribution in [2.45, 2.75) is 23.3 Å². The maximum Gasteiger partial charge on any atom is 0.273 e. The van der Waals surface area contributed by atoms with Crippen LogP contribution in [0, 0.1) is 6.92 Å². The van der Waals surface area contributed by atoms with Gasteiger partial charge in [0.2, 0.25) is 0 Å². The number of aromatic amines is 2. The van der Waals surface area contributed by atoms with E-state index in [1.807, 2.05) is 25.1 Å². The summed E-state index contributed by atoms with van der Waals surface area (Å²) in [6.45, 7) is 2.10. The third kappa shape index (κ3) is 3.64. The van der Waals surface area contributed by atoms with Gasteiger partial charge >= 0.3 is 0 Å². The smallest absolute Gasteiger partial charge is 0.273 e. The molecule has 6 nitrogen and oxygen atoms in total. The molecule has 0 aliphatic heterocycles. The number of nitrogens with zero attached hydrogens (tertiary/aromatic N) is 1. The summed E-state index contributed by atoms with van der Waals surface area (Å²) in [4.78, 5) is 24.3. The zero-order valence-corrected chi connectivity index (χ0v) is 16.5. The second-order valence-electron chi connectivity index (χ2n) is 6.27. The normalized spacial score (nSPS) is 12.2. The Morgan fingerprint density at radius 1 is 1.25 bits per heavy atom. The minimum Gasteiger partial charge on any atom is -0.606 e. The number of amides is 1. The van der Waals surface area contributed by atoms with Crippen LogP contribution >= 0.6 is 11.6 Å². The number of fused-ring (bicyclic) bond motifs is 1. The largest absolute Gasteiger partial charge is 0.606 e. The number of nitrogens with one attached hydrogen (secondary N) is 3. The molecule has 0 spiro atoms. The number of hydrogen-bond acceptors (Lipinski definition) is 3. The van der Waals surface area contributed by atoms with Gasteiger partial charge in [0, 0.05) is 22.4 Å². The lowest BCUT2D eigenvalue weighted by atomic mass is 10.2. The van der Waals surface area contributed by atoms with Gasteiger partial charge in [0.05, 0.1) is 23.1 Å². The second-order valence-corrected chi connectivity index (χ2v) is 8.13. The van der Waals surface area contributed by atoms with Gasteiger partial charge in [-0.1, -0.05) is 29.8 Å². The molecule has 2 heterocycles. The third-order valence-electron chi connectivity index (χ3n) is 4.26. The van der Waals surface area contributed by atoms with Crippen molar-refractivity contribution in [3.63, 3.8) is 0 Å². The van der Waals surface area contributed by atoms with Crippen LogP contribution in [0.5, 0.6) is 0 Å². The first-order valence-corrected chi connectivity index (χ1v) is 10.1. The van der Waals surface area contributed by atoms with E-state index < -0.39 is 11.2 Å². The zero-order valence-electron chi connectivity index (χ0n) is 15.0. The molecular formula is C20H17ClN4O2S. The van der Waals surface area contributed by atoms with Crippen LogP contribution in [-0.4, -0.2) is 25.4 Å². The SMILES string of the molecule is Cc1c[nH]c(CNC(=O)c2[nH]c3ccc(Cl)cc3c2[S+]([O-])c2ccccc2)n1. The average molecular weight is 413 g/mol. The molecule has 3 N–H and O–H groups in total. The molecule has 4 aromatic rings. The highest BCUT2D eigenvalue weighted by molar-refractivity contribution is 7.91. The Morgan fingerprint density at radius 2 is 2.04 bits per heavy atom. The molecule has 1 unspecified atom stereocenters. The van der Waals surface area contributed by atoms with Gasteiger partial charge in [-0.15, -0.1) is 0 Å². The number of H-pyrrole nitrogens is 2. The van der Waals surface area contributed by atoms with Crippen LogP contribution in [-0.2, 0) is 17.7 Å². The van der Waals surface area contributed by atoms with Gasteiger partial charge < -0.3 is 19.8 Å². The van der Waals surface area contributed by atoms with Crippen molar-refractivity contribution < 1.29 is 9.35 Å². The van der Waals surface area contributed by atoms with Crippen molar-refractivity contribution >= 4 is 39.6 Å². The number of carbonyl (C=O) groups excluding carboxylic acids is 1. The van der Waals surface area contributed by atoms with E-state index in [0.29, 0.717) is 31.5 Å². The van der Waals surface area contributed by atoms with Crippen molar-refractivity contribution in [1.82, 2.24) is 20.3 Å². The summed E-state index contributed by atoms with van der Waals surface area (Å²) in [5.41, 5.74) is 1.79. The first-order valence-electron chi connectivity index (χ1n) is 8.60. The van der Waals surface area contributed by atoms with Crippen molar-refractivity contribution in [2.24, 2.45) is 0 Å². The summed E-state index contributed by atoms with van der Waals surface area (Å²) in [7, 11) is 0. The first kappa shape index (κ1) is 18.6. The molecule has 0 aliphatic rings. The Hall–Kier alpha value is -2.74. The molecule has 2 aromatic heterocycles. The fraction of sp³-hybridized carbons (Fsp3) is 0.100. The molecule has 0 saturated heterocycles. The highest BCUT2D eigenvalue weighted by atomic mass is 35.5. The van der Waals surface area contributed by atoms with E-state index in [4.69, 9.17) is 11.6 Å². The summed E-state index contributed by atoms with van der Waals surface area (Å²) >= 11 is 4.60. The summed E-state index contributed by atoms with van der Waals surface area (Å²) in [5.74, 6) is 0.288. The summed E-state index contributed by atoms with van der Waals surface area (Å²) < 4.78 is 13.3. The van der Waals surface area contributed by atoms with Crippen molar-refractivity contribution in [2.75, 3.05) is 0 Å². The number of rotatable bonds is 5. The quantitative estimate of drug-likeness (QED) is 0.433. The van der Waals surface area contributed by atoms with E-state index in [-0.39, 0.29) is 18.1 Å². The Morgan fingerprint density at radius 3 is 2.75 bits per heavy atom. The average Bonchev–Trinajstić information content (AvgIpc) is 3.29. The molecule has 0 saturated carbocycles. The Balaban J connectivity index is 1.73. The van der Waals surface area contributed by atoms with Gasteiger partial charge in [0.25, 0.3) is 5.91 Å². The van der Waals surface area contributed by atoms with Gasteiger partial charge in [0.15, 0.2) is 15.5 Å². The van der Waals surface area contributed by atoms with E-state index in [1.54, 1.807) is 36.5 Å². The Bertz CT molecular complexity index is 1140. The van der Waals surface area contributed by atoms with E-state index in [1.165, 1.54) is 0 Å². The molecule has 1 amide bonds. The van der Waals surface area contributed by atoms with Gasteiger partial charge in [-0.3, -0.25) is 4.79 Å². The molecular weight excluding hydrogens is 396 g/mol. The third-order valence-corrected chi connectivity index (χ3v) is 5.99. The topological polar surface area (TPSA) is 96.6 Å².